The van der Waals surface area contributed by atoms with Gasteiger partial charge in [-0.1, -0.05) is 29.3 Å². The Hall–Kier alpha value is -0.530. The number of hydrogen-bond donors (Lipinski definition) is 1. The largest absolute Gasteiger partial charge is 0.330 e. The Morgan fingerprint density at radius 2 is 2.00 bits per heavy atom. The molecule has 0 saturated heterocycles. The Kier molecular flexibility index (Phi) is 1.79. The van der Waals surface area contributed by atoms with Crippen molar-refractivity contribution in [2.45, 2.75) is 31.6 Å². The van der Waals surface area contributed by atoms with Crippen LogP contribution in [0.1, 0.15) is 30.4 Å². The quantitative estimate of drug-likeness (QED) is 0.817. The smallest absolute Gasteiger partial charge is 0.0443 e. The summed E-state index contributed by atoms with van der Waals surface area (Å²) in [7, 11) is 0. The molecule has 80 valence electrons. The molecule has 2 heteroatoms. The van der Waals surface area contributed by atoms with E-state index < -0.39 is 0 Å². The van der Waals surface area contributed by atoms with Crippen molar-refractivity contribution in [1.82, 2.24) is 0 Å². The van der Waals surface area contributed by atoms with Gasteiger partial charge in [-0.3, -0.25) is 0 Å². The summed E-state index contributed by atoms with van der Waals surface area (Å²) in [6, 6.07) is 6.36. The number of halogens is 1. The van der Waals surface area contributed by atoms with Crippen molar-refractivity contribution in [2.24, 2.45) is 11.1 Å². The summed E-state index contributed by atoms with van der Waals surface area (Å²) < 4.78 is 0. The normalized spacial score (nSPS) is 37.0. The van der Waals surface area contributed by atoms with Gasteiger partial charge in [0.15, 0.2) is 0 Å². The lowest BCUT2D eigenvalue weighted by atomic mass is 9.33. The average molecular weight is 222 g/mol. The van der Waals surface area contributed by atoms with Gasteiger partial charge in [0.25, 0.3) is 0 Å². The number of hydrogen-bond acceptors (Lipinski definition) is 1. The highest BCUT2D eigenvalue weighted by Gasteiger charge is 2.67. The summed E-state index contributed by atoms with van der Waals surface area (Å²) in [5, 5.41) is 0.936. The first-order valence-corrected chi connectivity index (χ1v) is 5.94. The molecule has 3 fully saturated rings. The molecule has 3 saturated carbocycles. The molecular formula is C13H16ClN. The molecule has 2 N–H and O–H groups in total. The summed E-state index contributed by atoms with van der Waals surface area (Å²) in [5.74, 6) is 0. The van der Waals surface area contributed by atoms with Crippen molar-refractivity contribution >= 4 is 11.6 Å². The van der Waals surface area contributed by atoms with Crippen molar-refractivity contribution in [3.8, 4) is 0 Å². The van der Waals surface area contributed by atoms with Gasteiger partial charge in [-0.05, 0) is 55.2 Å². The highest BCUT2D eigenvalue weighted by atomic mass is 35.5. The highest BCUT2D eigenvalue weighted by molar-refractivity contribution is 6.31. The molecule has 3 aliphatic rings. The SMILES string of the molecule is Cc1ccc(Cl)c(C23CC(CN)(C2)C3)c1. The zero-order valence-electron chi connectivity index (χ0n) is 9.02. The lowest BCUT2D eigenvalue weighted by Gasteiger charge is -2.71. The van der Waals surface area contributed by atoms with E-state index in [0.29, 0.717) is 10.8 Å². The standard InChI is InChI=1S/C13H16ClN/c1-9-2-3-11(14)10(4-9)13-5-12(6-13,7-13)8-15/h2-4H,5-8,15H2,1H3. The van der Waals surface area contributed by atoms with Crippen LogP contribution in [0.2, 0.25) is 5.02 Å². The van der Waals surface area contributed by atoms with E-state index in [1.807, 2.05) is 6.07 Å². The lowest BCUT2D eigenvalue weighted by Crippen LogP contribution is -2.67. The molecule has 0 aromatic heterocycles. The number of nitrogens with two attached hydrogens (primary N) is 1. The van der Waals surface area contributed by atoms with E-state index in [2.05, 4.69) is 19.1 Å². The predicted octanol–water partition coefficient (Wildman–Crippen LogP) is 3.03. The van der Waals surface area contributed by atoms with E-state index in [0.717, 1.165) is 11.6 Å². The number of aryl methyl sites for hydroxylation is 1. The molecule has 1 aromatic carbocycles. The molecule has 0 amide bonds. The van der Waals surface area contributed by atoms with Crippen LogP contribution >= 0.6 is 11.6 Å². The van der Waals surface area contributed by atoms with Gasteiger partial charge in [0.2, 0.25) is 0 Å². The van der Waals surface area contributed by atoms with E-state index in [4.69, 9.17) is 17.3 Å². The van der Waals surface area contributed by atoms with Gasteiger partial charge < -0.3 is 5.73 Å². The van der Waals surface area contributed by atoms with Gasteiger partial charge >= 0.3 is 0 Å². The van der Waals surface area contributed by atoms with Crippen molar-refractivity contribution in [2.75, 3.05) is 6.54 Å². The van der Waals surface area contributed by atoms with Crippen LogP contribution in [-0.4, -0.2) is 6.54 Å². The first-order valence-electron chi connectivity index (χ1n) is 5.56. The van der Waals surface area contributed by atoms with E-state index in [9.17, 15) is 0 Å². The summed E-state index contributed by atoms with van der Waals surface area (Å²) >= 11 is 6.28. The minimum atomic E-state index is 0.391. The highest BCUT2D eigenvalue weighted by Crippen LogP contribution is 2.73. The molecule has 0 unspecified atom stereocenters. The van der Waals surface area contributed by atoms with Crippen molar-refractivity contribution < 1.29 is 0 Å². The van der Waals surface area contributed by atoms with Crippen LogP contribution < -0.4 is 5.73 Å². The third-order valence-electron chi connectivity index (χ3n) is 4.27. The van der Waals surface area contributed by atoms with Crippen LogP contribution in [0.25, 0.3) is 0 Å². The van der Waals surface area contributed by atoms with Crippen LogP contribution in [-0.2, 0) is 5.41 Å². The Balaban J connectivity index is 1.93. The first kappa shape index (κ1) is 9.68. The second-order valence-electron chi connectivity index (χ2n) is 5.50. The maximum Gasteiger partial charge on any atom is 0.0443 e. The Morgan fingerprint density at radius 1 is 1.33 bits per heavy atom. The maximum atomic E-state index is 6.28. The number of rotatable bonds is 2. The predicted molar refractivity (Wildman–Crippen MR) is 63.2 cm³/mol. The third kappa shape index (κ3) is 1.14. The van der Waals surface area contributed by atoms with Crippen LogP contribution in [0.3, 0.4) is 0 Å². The average Bonchev–Trinajstić information content (AvgIpc) is 2.07. The fourth-order valence-electron chi connectivity index (χ4n) is 3.55. The second-order valence-corrected chi connectivity index (χ2v) is 5.91. The van der Waals surface area contributed by atoms with Gasteiger partial charge in [0.1, 0.15) is 0 Å². The molecule has 0 radical (unpaired) electrons. The maximum absolute atomic E-state index is 6.28. The van der Waals surface area contributed by atoms with Gasteiger partial charge in [-0.2, -0.15) is 0 Å². The molecule has 15 heavy (non-hydrogen) atoms. The Bertz CT molecular complexity index is 405. The zero-order valence-corrected chi connectivity index (χ0v) is 9.77. The monoisotopic (exact) mass is 221 g/mol. The molecule has 0 atom stereocenters. The molecule has 0 spiro atoms. The van der Waals surface area contributed by atoms with Gasteiger partial charge in [-0.25, -0.2) is 0 Å². The van der Waals surface area contributed by atoms with E-state index in [1.165, 1.54) is 30.4 Å². The molecule has 2 bridgehead atoms. The summed E-state index contributed by atoms with van der Waals surface area (Å²) in [4.78, 5) is 0. The van der Waals surface area contributed by atoms with Crippen molar-refractivity contribution in [1.29, 1.82) is 0 Å². The third-order valence-corrected chi connectivity index (χ3v) is 4.60. The van der Waals surface area contributed by atoms with Crippen LogP contribution in [0, 0.1) is 12.3 Å². The van der Waals surface area contributed by atoms with Crippen LogP contribution in [0.5, 0.6) is 0 Å². The number of benzene rings is 1. The molecular weight excluding hydrogens is 206 g/mol. The molecule has 3 aliphatic carbocycles. The zero-order chi connectivity index (χ0) is 10.7. The molecule has 0 heterocycles. The lowest BCUT2D eigenvalue weighted by molar-refractivity contribution is -0.132. The summed E-state index contributed by atoms with van der Waals surface area (Å²) in [6.45, 7) is 2.97. The fourth-order valence-corrected chi connectivity index (χ4v) is 3.86. The molecule has 1 nitrogen and oxygen atoms in total. The van der Waals surface area contributed by atoms with Gasteiger partial charge in [0, 0.05) is 5.02 Å². The minimum absolute atomic E-state index is 0.391. The fraction of sp³-hybridized carbons (Fsp3) is 0.538. The Labute approximate surface area is 95.6 Å². The van der Waals surface area contributed by atoms with Crippen LogP contribution in [0.15, 0.2) is 18.2 Å². The van der Waals surface area contributed by atoms with Crippen LogP contribution in [0.4, 0.5) is 0 Å². The van der Waals surface area contributed by atoms with Crippen molar-refractivity contribution in [3.05, 3.63) is 34.3 Å². The molecule has 4 rings (SSSR count). The first-order chi connectivity index (χ1) is 7.09. The van der Waals surface area contributed by atoms with Crippen molar-refractivity contribution in [3.63, 3.8) is 0 Å². The van der Waals surface area contributed by atoms with E-state index in [1.54, 1.807) is 0 Å². The van der Waals surface area contributed by atoms with Gasteiger partial charge in [-0.15, -0.1) is 0 Å². The van der Waals surface area contributed by atoms with E-state index in [-0.39, 0.29) is 0 Å². The minimum Gasteiger partial charge on any atom is -0.330 e. The second kappa shape index (κ2) is 2.78. The molecule has 0 aliphatic heterocycles. The Morgan fingerprint density at radius 3 is 2.60 bits per heavy atom. The summed E-state index contributed by atoms with van der Waals surface area (Å²) in [6.07, 6.45) is 3.75. The summed E-state index contributed by atoms with van der Waals surface area (Å²) in [5.41, 5.74) is 9.32. The topological polar surface area (TPSA) is 26.0 Å². The molecule has 1 aromatic rings. The van der Waals surface area contributed by atoms with Gasteiger partial charge in [0.05, 0.1) is 0 Å². The van der Waals surface area contributed by atoms with E-state index >= 15 is 0 Å².